The van der Waals surface area contributed by atoms with Crippen LogP contribution in [0.3, 0.4) is 0 Å². The van der Waals surface area contributed by atoms with Crippen molar-refractivity contribution in [1.82, 2.24) is 34.5 Å². The Kier molecular flexibility index (Phi) is 33.4. The molecule has 1 aliphatic heterocycles. The minimum Gasteiger partial charge on any atom is -0.478 e. The maximum Gasteiger partial charge on any atom is 0.335 e. The predicted octanol–water partition coefficient (Wildman–Crippen LogP) is 21.6. The molecule has 6 aromatic heterocycles. The molecule has 0 amide bonds. The van der Waals surface area contributed by atoms with Gasteiger partial charge in [-0.2, -0.15) is 4.39 Å². The summed E-state index contributed by atoms with van der Waals surface area (Å²) in [6.07, 6.45) is 10.9. The van der Waals surface area contributed by atoms with Crippen LogP contribution >= 0.6 is 78.3 Å². The summed E-state index contributed by atoms with van der Waals surface area (Å²) in [6.45, 7) is 8.20. The van der Waals surface area contributed by atoms with Gasteiger partial charge in [-0.05, 0) is 129 Å². The number of aromatic carboxylic acids is 1. The fourth-order valence-electron chi connectivity index (χ4n) is 10.7. The van der Waals surface area contributed by atoms with Crippen molar-refractivity contribution in [3.05, 3.63) is 280 Å². The summed E-state index contributed by atoms with van der Waals surface area (Å²) in [4.78, 5) is 38.0. The number of unbranched alkanes of at least 4 members (excludes halogenated alkanes) is 3. The number of aliphatic hydroxyl groups excluding tert-OH is 1. The van der Waals surface area contributed by atoms with E-state index in [1.807, 2.05) is 34.9 Å². The van der Waals surface area contributed by atoms with Crippen molar-refractivity contribution in [3.8, 4) is 29.0 Å². The van der Waals surface area contributed by atoms with Crippen molar-refractivity contribution in [2.75, 3.05) is 6.61 Å². The Labute approximate surface area is 642 Å². The fourth-order valence-corrected chi connectivity index (χ4v) is 27.5. The Balaban J connectivity index is 0.000000185. The number of halogens is 11. The number of carboxylic acid groups (broad SMARTS) is 1. The summed E-state index contributed by atoms with van der Waals surface area (Å²) in [6, 6.07) is 48.0. The van der Waals surface area contributed by atoms with Crippen LogP contribution in [0, 0.1) is 29.2 Å². The van der Waals surface area contributed by atoms with E-state index >= 15 is 0 Å². The molecule has 546 valence electrons. The van der Waals surface area contributed by atoms with Crippen molar-refractivity contribution in [3.63, 3.8) is 0 Å². The molecular weight excluding hydrogens is 1660 g/mol. The molecule has 7 heterocycles. The summed E-state index contributed by atoms with van der Waals surface area (Å²) in [5, 5.41) is 19.4. The molecule has 11 aromatic rings. The Morgan fingerprint density at radius 2 is 1.04 bits per heavy atom. The van der Waals surface area contributed by atoms with Gasteiger partial charge in [0, 0.05) is 63.1 Å². The summed E-state index contributed by atoms with van der Waals surface area (Å²) in [7, 11) is 0. The second-order valence-corrected chi connectivity index (χ2v) is 40.4. The summed E-state index contributed by atoms with van der Waals surface area (Å²) >= 11 is 26.4. The van der Waals surface area contributed by atoms with Gasteiger partial charge >= 0.3 is 192 Å². The molecule has 1 saturated heterocycles. The SMILES string of the molecule is CCC[CH2][Sn]([CH2]CCC)([CH2]CCC)[c]1cccc(OCc2ccc(Cl)cc2F)n1.Fc1cc(Cl)ccc1COc1cccc(Br)n1.Fc1cccc(Br)n1.O=C(O)c1ccc2nc(Cc3ccc(-c4cccc(OCc5ccc(Cl)cc5F)n4)nc3)n(C[C@@H]3CCO3)c2c1.OCc1ccc(Cl)cc1F. The van der Waals surface area contributed by atoms with Crippen LogP contribution < -0.4 is 17.9 Å². The molecule has 104 heavy (non-hydrogen) atoms. The number of pyridine rings is 5. The molecule has 0 bridgehead atoms. The first kappa shape index (κ1) is 82.3. The molecule has 1 aliphatic rings. The maximum absolute atomic E-state index is 14.1. The van der Waals surface area contributed by atoms with E-state index in [9.17, 15) is 31.9 Å². The van der Waals surface area contributed by atoms with E-state index in [-0.39, 0.29) is 55.3 Å². The molecule has 0 saturated carbocycles. The van der Waals surface area contributed by atoms with Crippen LogP contribution in [-0.2, 0) is 44.1 Å². The average molecular weight is 1740 g/mol. The van der Waals surface area contributed by atoms with E-state index < -0.39 is 41.9 Å². The van der Waals surface area contributed by atoms with E-state index in [1.165, 1.54) is 98.0 Å². The molecule has 1 atom stereocenters. The van der Waals surface area contributed by atoms with Crippen LogP contribution in [0.25, 0.3) is 22.4 Å². The van der Waals surface area contributed by atoms with Gasteiger partial charge in [-0.1, -0.05) is 77.3 Å². The van der Waals surface area contributed by atoms with E-state index in [1.54, 1.807) is 97.2 Å². The molecule has 0 unspecified atom stereocenters. The van der Waals surface area contributed by atoms with Gasteiger partial charge in [-0.3, -0.25) is 4.98 Å². The first-order valence-corrected chi connectivity index (χ1v) is 44.1. The summed E-state index contributed by atoms with van der Waals surface area (Å²) in [5.41, 5.74) is 5.55. The van der Waals surface area contributed by atoms with Crippen molar-refractivity contribution in [2.45, 2.75) is 125 Å². The van der Waals surface area contributed by atoms with E-state index in [0.29, 0.717) is 88.0 Å². The minimum atomic E-state index is -2.59. The van der Waals surface area contributed by atoms with Crippen LogP contribution in [0.15, 0.2) is 191 Å². The third-order valence-electron chi connectivity index (χ3n) is 16.4. The number of imidazole rings is 1. The third kappa shape index (κ3) is 25.7. The number of hydrogen-bond acceptors (Lipinski definition) is 12. The molecule has 14 nitrogen and oxygen atoms in total. The second-order valence-electron chi connectivity index (χ2n) is 24.0. The molecule has 12 rings (SSSR count). The van der Waals surface area contributed by atoms with Crippen LogP contribution in [0.5, 0.6) is 17.6 Å². The molecule has 0 radical (unpaired) electrons. The number of hydrogen-bond donors (Lipinski definition) is 2. The van der Waals surface area contributed by atoms with E-state index in [2.05, 4.69) is 84.7 Å². The molecule has 0 spiro atoms. The van der Waals surface area contributed by atoms with Crippen molar-refractivity contribution >= 4 is 117 Å². The number of rotatable bonds is 26. The largest absolute Gasteiger partial charge is 0.478 e. The first-order chi connectivity index (χ1) is 50.1. The van der Waals surface area contributed by atoms with Crippen molar-refractivity contribution in [2.24, 2.45) is 0 Å². The van der Waals surface area contributed by atoms with Gasteiger partial charge in [0.15, 0.2) is 0 Å². The number of carbonyl (C=O) groups is 1. The van der Waals surface area contributed by atoms with Crippen LogP contribution in [0.4, 0.5) is 22.0 Å². The quantitative estimate of drug-likeness (QED) is 0.0298. The van der Waals surface area contributed by atoms with Crippen LogP contribution in [0.1, 0.15) is 110 Å². The number of ether oxygens (including phenoxy) is 4. The monoisotopic (exact) mass is 1740 g/mol. The van der Waals surface area contributed by atoms with Gasteiger partial charge in [-0.25, -0.2) is 37.9 Å². The molecule has 26 heteroatoms. The van der Waals surface area contributed by atoms with Gasteiger partial charge in [0.05, 0.1) is 47.2 Å². The number of aliphatic hydroxyl groups is 1. The number of carboxylic acids is 1. The van der Waals surface area contributed by atoms with Crippen molar-refractivity contribution < 1.29 is 55.9 Å². The van der Waals surface area contributed by atoms with Gasteiger partial charge in [-0.15, -0.1) is 0 Å². The topological polar surface area (TPSA) is 177 Å². The summed E-state index contributed by atoms with van der Waals surface area (Å²) < 4.78 is 97.5. The fraction of sp³-hybridized carbons (Fsp3) is 0.269. The zero-order valence-corrected chi connectivity index (χ0v) is 66.2. The first-order valence-electron chi connectivity index (χ1n) is 33.5. The minimum absolute atomic E-state index is 0.0205. The molecule has 5 aromatic carbocycles. The normalized spacial score (nSPS) is 12.2. The predicted molar refractivity (Wildman–Crippen MR) is 408 cm³/mol. The molecule has 2 N–H and O–H groups in total. The molecular formula is C78H76Br2Cl4F5N7O7Sn. The van der Waals surface area contributed by atoms with Gasteiger partial charge < -0.3 is 29.0 Å². The zero-order chi connectivity index (χ0) is 74.5. The number of fused-ring (bicyclic) bond motifs is 1. The Bertz CT molecular complexity index is 4560. The van der Waals surface area contributed by atoms with Gasteiger partial charge in [0.25, 0.3) is 0 Å². The number of nitrogens with zero attached hydrogens (tertiary/aromatic N) is 7. The van der Waals surface area contributed by atoms with E-state index in [0.717, 1.165) is 35.4 Å². The van der Waals surface area contributed by atoms with Crippen LogP contribution in [-0.4, -0.2) is 81.7 Å². The Morgan fingerprint density at radius 1 is 0.558 bits per heavy atom. The molecule has 1 fully saturated rings. The van der Waals surface area contributed by atoms with Gasteiger partial charge in [0.1, 0.15) is 45.7 Å². The van der Waals surface area contributed by atoms with Crippen molar-refractivity contribution in [1.29, 1.82) is 0 Å². The third-order valence-corrected chi connectivity index (χ3v) is 33.4. The Morgan fingerprint density at radius 3 is 1.47 bits per heavy atom. The number of benzene rings is 5. The maximum atomic E-state index is 14.1. The number of aromatic nitrogens is 7. The molecule has 0 aliphatic carbocycles. The Hall–Kier alpha value is -7.32. The van der Waals surface area contributed by atoms with Gasteiger partial charge in [0.2, 0.25) is 17.7 Å². The summed E-state index contributed by atoms with van der Waals surface area (Å²) in [5.74, 6) is -0.835. The average Bonchev–Trinajstić information content (AvgIpc) is 1.68. The standard InChI is InChI=1S/C30H24ClFN4O4.C12H8BrClFNO.C12H8ClFNO.C7H6ClFO.C5H3BrFN.3C4H9.Sn/c31-21-7-5-20(23(32)14-21)17-40-29-3-1-2-25(35-29)24-8-4-18(15-33-24)12-28-34-26-9-6-19(30(37)38)13-27(26)36(28)16-22-10-11-39-22;13-11-2-1-3-12(16-11)17-7-8-4-5-9(14)6-10(8)15;13-10-5-4-9(11(14)7-10)8-16-12-3-1-2-6-15-12;8-6-2-1-5(4-10)7(9)3-6;6-4-2-1-3-5(7)8-4;3*1-3-4-2;/h1-9,13-15,22H,10-12,16-17H2,(H,37,38);1-6H,7H2;1-5,7H,8H2;1-3,10H,4H2;1-3H;3*1,3-4H2,2H3;/t22-;;;;;;;;/m0......../s1. The van der Waals surface area contributed by atoms with E-state index in [4.69, 9.17) is 80.4 Å². The second kappa shape index (κ2) is 42.1. The smallest absolute Gasteiger partial charge is 0.335 e. The van der Waals surface area contributed by atoms with Crippen LogP contribution in [0.2, 0.25) is 33.4 Å². The zero-order valence-electron chi connectivity index (χ0n) is 57.1.